The average Bonchev–Trinajstić information content (AvgIpc) is 1.18. The molecule has 1 fully saturated rings. The van der Waals surface area contributed by atoms with E-state index in [2.05, 4.69) is 69.1 Å². The zero-order chi connectivity index (χ0) is 79.4. The zero-order valence-electron chi connectivity index (χ0n) is 61.8. The molecular formula is C68H114N18O18S. The van der Waals surface area contributed by atoms with Crippen molar-refractivity contribution in [1.82, 2.24) is 69.1 Å². The third kappa shape index (κ3) is 33.6. The first-order valence-corrected chi connectivity index (χ1v) is 36.9. The summed E-state index contributed by atoms with van der Waals surface area (Å²) in [7, 11) is 0. The second kappa shape index (κ2) is 47.3. The number of unbranched alkanes of at least 4 members (excludes halogenated alkanes) is 2. The minimum atomic E-state index is -1.88. The van der Waals surface area contributed by atoms with E-state index < -0.39 is 198 Å². The molecule has 1 heterocycles. The van der Waals surface area contributed by atoms with Gasteiger partial charge in [0, 0.05) is 12.8 Å². The number of carbonyl (C=O) groups is 16. The second-order valence-corrected chi connectivity index (χ2v) is 28.4. The molecular weight excluding hydrogens is 1390 g/mol. The highest BCUT2D eigenvalue weighted by Crippen LogP contribution is 2.17. The van der Waals surface area contributed by atoms with Crippen LogP contribution in [0, 0.1) is 23.7 Å². The van der Waals surface area contributed by atoms with Crippen molar-refractivity contribution in [3.63, 3.8) is 0 Å². The van der Waals surface area contributed by atoms with Crippen LogP contribution >= 0.6 is 11.8 Å². The van der Waals surface area contributed by atoms with Crippen LogP contribution in [0.2, 0.25) is 0 Å². The van der Waals surface area contributed by atoms with E-state index in [1.807, 2.05) is 6.26 Å². The smallest absolute Gasteiger partial charge is 0.245 e. The van der Waals surface area contributed by atoms with Crippen LogP contribution in [0.5, 0.6) is 5.75 Å². The van der Waals surface area contributed by atoms with Crippen LogP contribution in [0.25, 0.3) is 0 Å². The van der Waals surface area contributed by atoms with E-state index >= 15 is 0 Å². The number of aliphatic hydroxyl groups excluding tert-OH is 1. The van der Waals surface area contributed by atoms with Crippen molar-refractivity contribution in [1.29, 1.82) is 0 Å². The molecule has 1 aliphatic heterocycles. The van der Waals surface area contributed by atoms with Crippen molar-refractivity contribution in [2.24, 2.45) is 52.3 Å². The van der Waals surface area contributed by atoms with Gasteiger partial charge in [-0.05, 0) is 138 Å². The second-order valence-electron chi connectivity index (χ2n) is 27.4. The van der Waals surface area contributed by atoms with Crippen molar-refractivity contribution in [2.45, 2.75) is 237 Å². The van der Waals surface area contributed by atoms with Gasteiger partial charge in [-0.25, -0.2) is 0 Å². The summed E-state index contributed by atoms with van der Waals surface area (Å²) in [6, 6.07) is -12.8. The van der Waals surface area contributed by atoms with E-state index in [0.29, 0.717) is 30.6 Å². The van der Waals surface area contributed by atoms with Gasteiger partial charge in [0.05, 0.1) is 19.4 Å². The molecule has 37 heteroatoms. The summed E-state index contributed by atoms with van der Waals surface area (Å²) < 4.78 is 0. The van der Waals surface area contributed by atoms with Gasteiger partial charge in [0.1, 0.15) is 84.3 Å². The quantitative estimate of drug-likeness (QED) is 0.0272. The van der Waals surface area contributed by atoms with Crippen molar-refractivity contribution in [3.8, 4) is 5.75 Å². The summed E-state index contributed by atoms with van der Waals surface area (Å²) in [5.74, 6) is -15.9. The first-order chi connectivity index (χ1) is 49.4. The molecule has 0 saturated carbocycles. The van der Waals surface area contributed by atoms with Gasteiger partial charge in [-0.2, -0.15) is 11.8 Å². The number of hydrogen-bond donors (Lipinski definition) is 20. The first kappa shape index (κ1) is 91.9. The molecule has 0 aliphatic carbocycles. The maximum absolute atomic E-state index is 14.8. The first-order valence-electron chi connectivity index (χ1n) is 35.5. The molecule has 1 aromatic rings. The number of aromatic hydroxyl groups is 1. The largest absolute Gasteiger partial charge is 0.508 e. The summed E-state index contributed by atoms with van der Waals surface area (Å²) in [6.07, 6.45) is 1.95. The van der Waals surface area contributed by atoms with Crippen LogP contribution in [0.15, 0.2) is 24.3 Å². The standard InChI is InChI=1S/C68H114N18O18S/c1-11-37(8)55(68(104)83-47(29-35(4)5)62(98)79-45(56(73)92)31-51(71)89)86-66(102)50(33-87)84-65(101)49(32-52(72)90)82-63(99)46(28-34(2)3)80-64(100)48(30-39-18-20-40(88)21-19-39)81-60(96)41(16-12-14-25-69)76-59(95)42(17-13-15-26-70)78-67(103)54(36(6)7)85-57(93)38(9)74-58(94)44(24-27-105-10)77-61(97)43-22-23-53(91)75-43/h18-21,34-38,41-50,54-55,87-88H,11-17,22-33,69-70H2,1-10H3,(H2,71,89)(H2,72,90)(H2,73,92)(H,74,94)(H,75,91)(H,76,95)(H,77,97)(H,78,103)(H,79,98)(H,80,100)(H,81,96)(H,82,99)(H,83,104)(H,84,101)(H,85,93)(H,86,102)/t37-,38-,41-,42-,43-,44-,45-,46-,47-,48-,49-,50-,54-,55-/m0/s1. The fourth-order valence-corrected chi connectivity index (χ4v) is 11.4. The molecule has 25 N–H and O–H groups in total. The lowest BCUT2D eigenvalue weighted by Crippen LogP contribution is -2.62. The highest BCUT2D eigenvalue weighted by molar-refractivity contribution is 7.98. The molecule has 1 aliphatic rings. The molecule has 2 rings (SSSR count). The Labute approximate surface area is 616 Å². The van der Waals surface area contributed by atoms with Crippen LogP contribution in [0.1, 0.15) is 158 Å². The van der Waals surface area contributed by atoms with Crippen molar-refractivity contribution < 1.29 is 86.9 Å². The number of nitrogens with two attached hydrogens (primary N) is 5. The minimum Gasteiger partial charge on any atom is -0.508 e. The number of amides is 16. The van der Waals surface area contributed by atoms with Crippen LogP contribution < -0.4 is 97.8 Å². The summed E-state index contributed by atoms with van der Waals surface area (Å²) in [4.78, 5) is 217. The molecule has 14 atom stereocenters. The summed E-state index contributed by atoms with van der Waals surface area (Å²) >= 11 is 1.42. The number of phenolic OH excluding ortho intramolecular Hbond substituents is 1. The SMILES string of the molecule is CC[C@H](C)[C@H](NC(=O)[C@H](CO)NC(=O)[C@H](CC(N)=O)NC(=O)[C@H](CC(C)C)NC(=O)[C@H](Cc1ccc(O)cc1)NC(=O)[C@H](CCCCN)NC(=O)[C@H](CCCCN)NC(=O)[C@@H](NC(=O)[C@H](C)NC(=O)[C@H](CCSC)NC(=O)[C@@H]1CCC(=O)N1)C(C)C)C(=O)N[C@@H](CC(C)C)C(=O)N[C@@H](CC(N)=O)C(N)=O. The van der Waals surface area contributed by atoms with Crippen molar-refractivity contribution in [3.05, 3.63) is 29.8 Å². The predicted octanol–water partition coefficient (Wildman–Crippen LogP) is -4.92. The predicted molar refractivity (Wildman–Crippen MR) is 388 cm³/mol. The topological polar surface area (TPSA) is 600 Å². The Morgan fingerprint density at radius 1 is 0.495 bits per heavy atom. The number of primary amides is 3. The maximum atomic E-state index is 14.8. The van der Waals surface area contributed by atoms with Gasteiger partial charge in [0.2, 0.25) is 94.5 Å². The Morgan fingerprint density at radius 2 is 0.905 bits per heavy atom. The summed E-state index contributed by atoms with van der Waals surface area (Å²) in [6.45, 7) is 14.0. The Balaban J connectivity index is 2.50. The van der Waals surface area contributed by atoms with E-state index in [1.165, 1.54) is 43.0 Å². The number of carbonyl (C=O) groups excluding carboxylic acids is 16. The molecule has 0 bridgehead atoms. The van der Waals surface area contributed by atoms with E-state index in [4.69, 9.17) is 28.7 Å². The highest BCUT2D eigenvalue weighted by Gasteiger charge is 2.39. The molecule has 590 valence electrons. The Bertz CT molecular complexity index is 3130. The van der Waals surface area contributed by atoms with Crippen LogP contribution in [-0.4, -0.2) is 215 Å². The third-order valence-corrected chi connectivity index (χ3v) is 17.8. The third-order valence-electron chi connectivity index (χ3n) is 17.1. The fourth-order valence-electron chi connectivity index (χ4n) is 10.9. The number of benzene rings is 1. The molecule has 0 radical (unpaired) electrons. The molecule has 105 heavy (non-hydrogen) atoms. The monoisotopic (exact) mass is 1500 g/mol. The Morgan fingerprint density at radius 3 is 1.37 bits per heavy atom. The molecule has 1 saturated heterocycles. The molecule has 1 aromatic carbocycles. The Kier molecular flexibility index (Phi) is 41.4. The van der Waals surface area contributed by atoms with Gasteiger partial charge in [0.25, 0.3) is 0 Å². The van der Waals surface area contributed by atoms with Gasteiger partial charge in [-0.3, -0.25) is 76.7 Å². The molecule has 0 unspecified atom stereocenters. The summed E-state index contributed by atoms with van der Waals surface area (Å²) in [5.41, 5.74) is 28.2. The van der Waals surface area contributed by atoms with Gasteiger partial charge in [-0.15, -0.1) is 0 Å². The van der Waals surface area contributed by atoms with E-state index in [9.17, 15) is 86.9 Å². The van der Waals surface area contributed by atoms with Gasteiger partial charge in [0.15, 0.2) is 0 Å². The van der Waals surface area contributed by atoms with Gasteiger partial charge >= 0.3 is 0 Å². The molecule has 36 nitrogen and oxygen atoms in total. The lowest BCUT2D eigenvalue weighted by molar-refractivity contribution is -0.137. The number of hydrogen-bond acceptors (Lipinski definition) is 21. The van der Waals surface area contributed by atoms with Gasteiger partial charge < -0.3 is 108 Å². The lowest BCUT2D eigenvalue weighted by atomic mass is 9.96. The molecule has 0 aromatic heterocycles. The number of nitrogens with one attached hydrogen (secondary N) is 13. The number of rotatable bonds is 50. The number of phenols is 1. The number of aliphatic hydroxyl groups is 1. The molecule has 0 spiro atoms. The Hall–Kier alpha value is -9.23. The fraction of sp³-hybridized carbons (Fsp3) is 0.676. The average molecular weight is 1500 g/mol. The van der Waals surface area contributed by atoms with Gasteiger partial charge in [-0.1, -0.05) is 73.9 Å². The summed E-state index contributed by atoms with van der Waals surface area (Å²) in [5, 5.41) is 53.8. The zero-order valence-corrected chi connectivity index (χ0v) is 62.6. The normalized spacial score (nSPS) is 16.4. The van der Waals surface area contributed by atoms with E-state index in [0.717, 1.165) is 0 Å². The van der Waals surface area contributed by atoms with E-state index in [-0.39, 0.29) is 101 Å². The number of thioether (sulfide) groups is 1. The van der Waals surface area contributed by atoms with Crippen LogP contribution in [-0.2, 0) is 83.1 Å². The highest BCUT2D eigenvalue weighted by atomic mass is 32.2. The lowest BCUT2D eigenvalue weighted by Gasteiger charge is -2.29. The van der Waals surface area contributed by atoms with E-state index in [1.54, 1.807) is 55.4 Å². The van der Waals surface area contributed by atoms with Crippen LogP contribution in [0.3, 0.4) is 0 Å². The maximum Gasteiger partial charge on any atom is 0.245 e. The minimum absolute atomic E-state index is 0.00114. The molecule has 16 amide bonds. The van der Waals surface area contributed by atoms with Crippen molar-refractivity contribution in [2.75, 3.05) is 31.7 Å². The van der Waals surface area contributed by atoms with Crippen molar-refractivity contribution >= 4 is 106 Å². The van der Waals surface area contributed by atoms with Crippen LogP contribution in [0.4, 0.5) is 0 Å².